The molecule has 0 saturated carbocycles. The molecule has 0 spiro atoms. The van der Waals surface area contributed by atoms with Crippen LogP contribution in [0.4, 0.5) is 17.6 Å². The maximum Gasteiger partial charge on any atom is 0.419 e. The molecule has 0 aliphatic heterocycles. The molecule has 3 nitrogen and oxygen atoms in total. The zero-order valence-electron chi connectivity index (χ0n) is 9.95. The Morgan fingerprint density at radius 2 is 2.00 bits per heavy atom. The molecule has 1 aromatic heterocycles. The number of alkyl halides is 3. The highest BCUT2D eigenvalue weighted by molar-refractivity contribution is 5.43. The molecule has 0 bridgehead atoms. The lowest BCUT2D eigenvalue weighted by molar-refractivity contribution is -0.137. The predicted molar refractivity (Wildman–Crippen MR) is 61.1 cm³/mol. The van der Waals surface area contributed by atoms with Crippen molar-refractivity contribution >= 4 is 0 Å². The molecule has 1 heterocycles. The fraction of sp³-hybridized carbons (Fsp3) is 0.250. The Bertz CT molecular complexity index is 587. The number of rotatable bonds is 2. The third-order valence-corrected chi connectivity index (χ3v) is 2.65. The highest BCUT2D eigenvalue weighted by atomic mass is 19.4. The minimum atomic E-state index is -4.52. The van der Waals surface area contributed by atoms with Crippen LogP contribution in [0.15, 0.2) is 30.6 Å². The van der Waals surface area contributed by atoms with Crippen molar-refractivity contribution < 1.29 is 17.6 Å². The highest BCUT2D eigenvalue weighted by Gasteiger charge is 2.32. The molecule has 2 aromatic rings. The summed E-state index contributed by atoms with van der Waals surface area (Å²) in [5.41, 5.74) is 5.07. The third kappa shape index (κ3) is 2.60. The van der Waals surface area contributed by atoms with E-state index in [0.717, 1.165) is 16.9 Å². The van der Waals surface area contributed by atoms with Crippen LogP contribution in [-0.4, -0.2) is 9.78 Å². The Balaban J connectivity index is 2.56. The van der Waals surface area contributed by atoms with Crippen LogP contribution in [0.2, 0.25) is 0 Å². The highest BCUT2D eigenvalue weighted by Crippen LogP contribution is 2.30. The lowest BCUT2D eigenvalue weighted by Crippen LogP contribution is -2.12. The van der Waals surface area contributed by atoms with Crippen molar-refractivity contribution in [2.24, 2.45) is 5.73 Å². The quantitative estimate of drug-likeness (QED) is 0.855. The van der Waals surface area contributed by atoms with E-state index >= 15 is 0 Å². The smallest absolute Gasteiger partial charge is 0.324 e. The summed E-state index contributed by atoms with van der Waals surface area (Å²) >= 11 is 0. The Morgan fingerprint density at radius 1 is 1.32 bits per heavy atom. The minimum Gasteiger partial charge on any atom is -0.324 e. The number of benzene rings is 1. The number of nitrogens with two attached hydrogens (primary N) is 1. The molecular formula is C12H11F4N3. The van der Waals surface area contributed by atoms with Gasteiger partial charge in [-0.25, -0.2) is 9.07 Å². The van der Waals surface area contributed by atoms with Gasteiger partial charge in [-0.15, -0.1) is 0 Å². The molecule has 0 fully saturated rings. The van der Waals surface area contributed by atoms with E-state index in [1.807, 2.05) is 0 Å². The van der Waals surface area contributed by atoms with Gasteiger partial charge in [-0.2, -0.15) is 18.3 Å². The van der Waals surface area contributed by atoms with Gasteiger partial charge in [0.25, 0.3) is 0 Å². The SMILES string of the molecule is C[C@H](N)c1cccc(F)c1-n1cc(C(F)(F)F)cn1. The molecule has 102 valence electrons. The van der Waals surface area contributed by atoms with Crippen molar-refractivity contribution in [2.45, 2.75) is 19.1 Å². The van der Waals surface area contributed by atoms with Gasteiger partial charge < -0.3 is 5.73 Å². The Morgan fingerprint density at radius 3 is 2.53 bits per heavy atom. The van der Waals surface area contributed by atoms with Gasteiger partial charge >= 0.3 is 6.18 Å². The molecule has 2 rings (SSSR count). The largest absolute Gasteiger partial charge is 0.419 e. The van der Waals surface area contributed by atoms with Crippen molar-refractivity contribution in [3.63, 3.8) is 0 Å². The van der Waals surface area contributed by atoms with Gasteiger partial charge in [-0.05, 0) is 18.6 Å². The van der Waals surface area contributed by atoms with E-state index < -0.39 is 23.6 Å². The van der Waals surface area contributed by atoms with Gasteiger partial charge in [0, 0.05) is 12.2 Å². The van der Waals surface area contributed by atoms with Gasteiger partial charge in [-0.1, -0.05) is 12.1 Å². The number of aromatic nitrogens is 2. The van der Waals surface area contributed by atoms with Crippen LogP contribution in [0.25, 0.3) is 5.69 Å². The zero-order valence-corrected chi connectivity index (χ0v) is 9.95. The first-order valence-corrected chi connectivity index (χ1v) is 5.47. The summed E-state index contributed by atoms with van der Waals surface area (Å²) in [7, 11) is 0. The molecule has 1 atom stereocenters. The molecule has 19 heavy (non-hydrogen) atoms. The van der Waals surface area contributed by atoms with Gasteiger partial charge in [0.15, 0.2) is 0 Å². The van der Waals surface area contributed by atoms with Crippen LogP contribution < -0.4 is 5.73 Å². The molecule has 0 aliphatic carbocycles. The summed E-state index contributed by atoms with van der Waals surface area (Å²) < 4.78 is 52.2. The first-order valence-electron chi connectivity index (χ1n) is 5.47. The van der Waals surface area contributed by atoms with Crippen LogP contribution in [0.1, 0.15) is 24.1 Å². The van der Waals surface area contributed by atoms with Crippen LogP contribution in [0, 0.1) is 5.82 Å². The monoisotopic (exact) mass is 273 g/mol. The summed E-state index contributed by atoms with van der Waals surface area (Å²) in [6.45, 7) is 1.62. The average molecular weight is 273 g/mol. The summed E-state index contributed by atoms with van der Waals surface area (Å²) in [6, 6.07) is 3.63. The van der Waals surface area contributed by atoms with E-state index in [0.29, 0.717) is 11.8 Å². The maximum atomic E-state index is 13.8. The lowest BCUT2D eigenvalue weighted by atomic mass is 10.1. The molecule has 0 unspecified atom stereocenters. The first kappa shape index (κ1) is 13.5. The molecule has 7 heteroatoms. The lowest BCUT2D eigenvalue weighted by Gasteiger charge is -2.13. The average Bonchev–Trinajstić information content (AvgIpc) is 2.77. The third-order valence-electron chi connectivity index (χ3n) is 2.65. The van der Waals surface area contributed by atoms with E-state index in [1.54, 1.807) is 13.0 Å². The van der Waals surface area contributed by atoms with Crippen molar-refractivity contribution in [1.29, 1.82) is 0 Å². The maximum absolute atomic E-state index is 13.8. The summed E-state index contributed by atoms with van der Waals surface area (Å²) in [4.78, 5) is 0. The zero-order chi connectivity index (χ0) is 14.2. The number of para-hydroxylation sites is 1. The summed E-state index contributed by atoms with van der Waals surface area (Å²) in [5.74, 6) is -0.674. The van der Waals surface area contributed by atoms with E-state index in [2.05, 4.69) is 5.10 Å². The second-order valence-corrected chi connectivity index (χ2v) is 4.14. The molecule has 1 aromatic carbocycles. The van der Waals surface area contributed by atoms with Crippen molar-refractivity contribution in [3.05, 3.63) is 47.5 Å². The Hall–Kier alpha value is -1.89. The van der Waals surface area contributed by atoms with Gasteiger partial charge in [-0.3, -0.25) is 0 Å². The van der Waals surface area contributed by atoms with Crippen molar-refractivity contribution in [3.8, 4) is 5.69 Å². The summed E-state index contributed by atoms with van der Waals surface area (Å²) in [5, 5.41) is 3.56. The van der Waals surface area contributed by atoms with Crippen LogP contribution in [0.3, 0.4) is 0 Å². The van der Waals surface area contributed by atoms with E-state index in [-0.39, 0.29) is 5.69 Å². The topological polar surface area (TPSA) is 43.8 Å². The van der Waals surface area contributed by atoms with Gasteiger partial charge in [0.1, 0.15) is 11.5 Å². The number of halogens is 4. The molecule has 0 radical (unpaired) electrons. The number of nitrogens with zero attached hydrogens (tertiary/aromatic N) is 2. The first-order chi connectivity index (χ1) is 8.80. The molecule has 0 aliphatic rings. The fourth-order valence-corrected chi connectivity index (χ4v) is 1.73. The Kier molecular flexibility index (Phi) is 3.32. The predicted octanol–water partition coefficient (Wildman–Crippen LogP) is 3.05. The molecule has 0 saturated heterocycles. The van der Waals surface area contributed by atoms with E-state index in [4.69, 9.17) is 5.73 Å². The molecule has 2 N–H and O–H groups in total. The second kappa shape index (κ2) is 4.65. The number of hydrogen-bond donors (Lipinski definition) is 1. The van der Waals surface area contributed by atoms with Crippen LogP contribution >= 0.6 is 0 Å². The fourth-order valence-electron chi connectivity index (χ4n) is 1.73. The summed E-state index contributed by atoms with van der Waals surface area (Å²) in [6.07, 6.45) is -3.13. The van der Waals surface area contributed by atoms with E-state index in [1.165, 1.54) is 6.07 Å². The number of hydrogen-bond acceptors (Lipinski definition) is 2. The standard InChI is InChI=1S/C12H11F4N3/c1-7(17)9-3-2-4-10(13)11(9)19-6-8(5-18-19)12(14,15)16/h2-7H,17H2,1H3/t7-/m0/s1. The normalized spacial score (nSPS) is 13.6. The minimum absolute atomic E-state index is 0.0620. The van der Waals surface area contributed by atoms with Crippen molar-refractivity contribution in [1.82, 2.24) is 9.78 Å². The Labute approximate surface area is 106 Å². The molecular weight excluding hydrogens is 262 g/mol. The van der Waals surface area contributed by atoms with Gasteiger partial charge in [0.05, 0.1) is 11.8 Å². The molecule has 0 amide bonds. The van der Waals surface area contributed by atoms with Crippen LogP contribution in [0.5, 0.6) is 0 Å². The van der Waals surface area contributed by atoms with Gasteiger partial charge in [0.2, 0.25) is 0 Å². The van der Waals surface area contributed by atoms with Crippen LogP contribution in [-0.2, 0) is 6.18 Å². The van der Waals surface area contributed by atoms with Crippen molar-refractivity contribution in [2.75, 3.05) is 0 Å². The van der Waals surface area contributed by atoms with E-state index in [9.17, 15) is 17.6 Å². The second-order valence-electron chi connectivity index (χ2n) is 4.14.